The molecule has 1 aromatic carbocycles. The van der Waals surface area contributed by atoms with E-state index in [0.717, 1.165) is 14.4 Å². The van der Waals surface area contributed by atoms with Crippen molar-refractivity contribution in [3.8, 4) is 10.6 Å². The summed E-state index contributed by atoms with van der Waals surface area (Å²) in [5, 5.41) is 1.63. The summed E-state index contributed by atoms with van der Waals surface area (Å²) in [6, 6.07) is 8.53. The van der Waals surface area contributed by atoms with E-state index in [1.54, 1.807) is 29.7 Å². The maximum atomic E-state index is 5.85. The van der Waals surface area contributed by atoms with Crippen molar-refractivity contribution < 1.29 is 0 Å². The minimum atomic E-state index is 0.708. The van der Waals surface area contributed by atoms with Gasteiger partial charge in [0.15, 0.2) is 0 Å². The molecule has 0 saturated carbocycles. The van der Waals surface area contributed by atoms with Gasteiger partial charge in [0, 0.05) is 10.6 Å². The largest absolute Gasteiger partial charge is 0.243 e. The smallest absolute Gasteiger partial charge is 0.125 e. The second kappa shape index (κ2) is 3.78. The molecule has 2 rings (SSSR count). The maximum absolute atomic E-state index is 5.85. The predicted octanol–water partition coefficient (Wildman–Crippen LogP) is 4.03. The van der Waals surface area contributed by atoms with E-state index < -0.39 is 0 Å². The lowest BCUT2D eigenvalue weighted by Crippen LogP contribution is -1.74. The van der Waals surface area contributed by atoms with E-state index in [1.807, 2.05) is 6.07 Å². The van der Waals surface area contributed by atoms with Crippen molar-refractivity contribution in [2.45, 2.75) is 0 Å². The highest BCUT2D eigenvalue weighted by molar-refractivity contribution is 9.11. The Hall–Kier alpha value is -0.380. The molecule has 13 heavy (non-hydrogen) atoms. The third-order valence-corrected chi connectivity index (χ3v) is 3.22. The molecule has 0 bridgehead atoms. The highest BCUT2D eigenvalue weighted by atomic mass is 79.9. The maximum Gasteiger partial charge on any atom is 0.125 e. The Morgan fingerprint density at radius 2 is 2.38 bits per heavy atom. The molecule has 1 heterocycles. The zero-order valence-corrected chi connectivity index (χ0v) is 9.58. The third-order valence-electron chi connectivity index (χ3n) is 1.47. The number of rotatable bonds is 1. The molecule has 1 aromatic heterocycles. The highest BCUT2D eigenvalue weighted by Crippen LogP contribution is 2.29. The van der Waals surface area contributed by atoms with Gasteiger partial charge < -0.3 is 0 Å². The minimum Gasteiger partial charge on any atom is -0.243 e. The normalized spacial score (nSPS) is 10.3. The number of thiazole rings is 1. The molecule has 0 unspecified atom stereocenters. The fraction of sp³-hybridized carbons (Fsp3) is 0. The average molecular weight is 274 g/mol. The molecular weight excluding hydrogens is 270 g/mol. The van der Waals surface area contributed by atoms with Crippen LogP contribution in [0.1, 0.15) is 0 Å². The van der Waals surface area contributed by atoms with E-state index in [2.05, 4.69) is 27.0 Å². The highest BCUT2D eigenvalue weighted by Gasteiger charge is 2.03. The second-order valence-electron chi connectivity index (χ2n) is 2.39. The van der Waals surface area contributed by atoms with Crippen LogP contribution < -0.4 is 0 Å². The van der Waals surface area contributed by atoms with Crippen molar-refractivity contribution in [1.82, 2.24) is 4.98 Å². The summed E-state index contributed by atoms with van der Waals surface area (Å²) in [6.45, 7) is 0. The van der Waals surface area contributed by atoms with Crippen LogP contribution in [0.3, 0.4) is 0 Å². The lowest BCUT2D eigenvalue weighted by molar-refractivity contribution is 1.40. The molecule has 0 aliphatic heterocycles. The van der Waals surface area contributed by atoms with Crippen LogP contribution in [0, 0.1) is 6.07 Å². The van der Waals surface area contributed by atoms with Gasteiger partial charge in [-0.25, -0.2) is 4.98 Å². The molecule has 4 heteroatoms. The third kappa shape index (κ3) is 2.10. The summed E-state index contributed by atoms with van der Waals surface area (Å²) in [5.41, 5.74) is 0.934. The molecule has 0 fully saturated rings. The van der Waals surface area contributed by atoms with Crippen LogP contribution in [0.15, 0.2) is 28.2 Å². The predicted molar refractivity (Wildman–Crippen MR) is 59.1 cm³/mol. The van der Waals surface area contributed by atoms with Crippen LogP contribution in [-0.2, 0) is 0 Å². The van der Waals surface area contributed by atoms with E-state index in [1.165, 1.54) is 0 Å². The molecule has 2 aromatic rings. The number of nitrogens with zero attached hydrogens (tertiary/aromatic N) is 1. The van der Waals surface area contributed by atoms with Gasteiger partial charge in [0.05, 0.1) is 9.98 Å². The van der Waals surface area contributed by atoms with E-state index in [-0.39, 0.29) is 0 Å². The fourth-order valence-corrected chi connectivity index (χ4v) is 2.30. The van der Waals surface area contributed by atoms with Crippen LogP contribution in [0.5, 0.6) is 0 Å². The van der Waals surface area contributed by atoms with Gasteiger partial charge in [0.2, 0.25) is 0 Å². The molecule has 1 nitrogen and oxygen atoms in total. The molecule has 0 atom stereocenters. The number of halogens is 2. The average Bonchev–Trinajstić information content (AvgIpc) is 2.52. The molecule has 0 aliphatic rings. The van der Waals surface area contributed by atoms with Crippen molar-refractivity contribution in [3.05, 3.63) is 39.3 Å². The fourth-order valence-electron chi connectivity index (χ4n) is 0.941. The number of hydrogen-bond donors (Lipinski definition) is 0. The number of hydrogen-bond acceptors (Lipinski definition) is 2. The van der Waals surface area contributed by atoms with Gasteiger partial charge in [0.1, 0.15) is 5.01 Å². The Bertz CT molecular complexity index is 427. The van der Waals surface area contributed by atoms with Gasteiger partial charge in [-0.2, -0.15) is 0 Å². The van der Waals surface area contributed by atoms with Crippen LogP contribution in [-0.4, -0.2) is 4.98 Å². The summed E-state index contributed by atoms with van der Waals surface area (Å²) >= 11 is 10.8. The van der Waals surface area contributed by atoms with Crippen LogP contribution in [0.2, 0.25) is 5.02 Å². The first-order valence-electron chi connectivity index (χ1n) is 3.54. The van der Waals surface area contributed by atoms with E-state index >= 15 is 0 Å². The topological polar surface area (TPSA) is 12.9 Å². The Labute approximate surface area is 93.5 Å². The molecule has 1 radical (unpaired) electrons. The zero-order valence-electron chi connectivity index (χ0n) is 6.42. The van der Waals surface area contributed by atoms with Gasteiger partial charge in [-0.15, -0.1) is 11.3 Å². The Morgan fingerprint density at radius 3 is 3.00 bits per heavy atom. The first-order valence-corrected chi connectivity index (χ1v) is 5.53. The van der Waals surface area contributed by atoms with Crippen molar-refractivity contribution in [2.75, 3.05) is 0 Å². The van der Waals surface area contributed by atoms with Crippen molar-refractivity contribution in [2.24, 2.45) is 0 Å². The summed E-state index contributed by atoms with van der Waals surface area (Å²) in [7, 11) is 0. The van der Waals surface area contributed by atoms with Gasteiger partial charge in [0.25, 0.3) is 0 Å². The van der Waals surface area contributed by atoms with Gasteiger partial charge in [-0.05, 0) is 34.1 Å². The SMILES string of the molecule is Clc1cc[c]c(-c2ncc(Br)s2)c1. The molecule has 0 amide bonds. The van der Waals surface area contributed by atoms with Crippen LogP contribution >= 0.6 is 38.9 Å². The van der Waals surface area contributed by atoms with E-state index in [0.29, 0.717) is 5.02 Å². The van der Waals surface area contributed by atoms with Crippen molar-refractivity contribution in [1.29, 1.82) is 0 Å². The molecule has 65 valence electrons. The summed E-state index contributed by atoms with van der Waals surface area (Å²) in [6.07, 6.45) is 1.77. The molecule has 0 saturated heterocycles. The van der Waals surface area contributed by atoms with Crippen LogP contribution in [0.4, 0.5) is 0 Å². The Morgan fingerprint density at radius 1 is 1.54 bits per heavy atom. The summed E-state index contributed by atoms with van der Waals surface area (Å²) < 4.78 is 1.01. The molecule has 0 N–H and O–H groups in total. The van der Waals surface area contributed by atoms with Crippen molar-refractivity contribution in [3.63, 3.8) is 0 Å². The molecule has 0 aliphatic carbocycles. The molecule has 0 spiro atoms. The zero-order chi connectivity index (χ0) is 9.26. The lowest BCUT2D eigenvalue weighted by atomic mass is 10.2. The summed E-state index contributed by atoms with van der Waals surface area (Å²) in [5.74, 6) is 0. The van der Waals surface area contributed by atoms with Gasteiger partial charge >= 0.3 is 0 Å². The quantitative estimate of drug-likeness (QED) is 0.764. The first-order chi connectivity index (χ1) is 6.25. The van der Waals surface area contributed by atoms with E-state index in [4.69, 9.17) is 11.6 Å². The van der Waals surface area contributed by atoms with E-state index in [9.17, 15) is 0 Å². The Kier molecular flexibility index (Phi) is 2.67. The lowest BCUT2D eigenvalue weighted by Gasteiger charge is -1.94. The number of aromatic nitrogens is 1. The van der Waals surface area contributed by atoms with Crippen molar-refractivity contribution >= 4 is 38.9 Å². The number of benzene rings is 1. The van der Waals surface area contributed by atoms with Gasteiger partial charge in [-0.3, -0.25) is 0 Å². The van der Waals surface area contributed by atoms with Crippen LogP contribution in [0.25, 0.3) is 10.6 Å². The standard InChI is InChI=1S/C9H4BrClNS/c10-8-5-12-9(13-8)6-2-1-3-7(11)4-6/h1,3-5H. The second-order valence-corrected chi connectivity index (χ2v) is 5.24. The summed E-state index contributed by atoms with van der Waals surface area (Å²) in [4.78, 5) is 4.21. The monoisotopic (exact) mass is 272 g/mol. The minimum absolute atomic E-state index is 0.708. The molecular formula is C9H4BrClNS. The Balaban J connectivity index is 2.46. The van der Waals surface area contributed by atoms with Gasteiger partial charge in [-0.1, -0.05) is 17.7 Å². The first kappa shape index (κ1) is 9.19.